The zero-order valence-electron chi connectivity index (χ0n) is 13.7. The van der Waals surface area contributed by atoms with Crippen LogP contribution in [-0.4, -0.2) is 39.3 Å². The average molecular weight is 318 g/mol. The smallest absolute Gasteiger partial charge is 0.219 e. The number of nitrogens with one attached hydrogen (secondary N) is 1. The molecule has 7 nitrogen and oxygen atoms in total. The van der Waals surface area contributed by atoms with Crippen molar-refractivity contribution in [3.05, 3.63) is 36.4 Å². The first kappa shape index (κ1) is 17.0. The van der Waals surface area contributed by atoms with Gasteiger partial charge in [-0.15, -0.1) is 0 Å². The second-order valence-corrected chi connectivity index (χ2v) is 6.24. The lowest BCUT2D eigenvalue weighted by Crippen LogP contribution is -2.39. The van der Waals surface area contributed by atoms with Crippen molar-refractivity contribution in [1.29, 1.82) is 5.41 Å². The van der Waals surface area contributed by atoms with Gasteiger partial charge in [0.05, 0.1) is 7.11 Å². The van der Waals surface area contributed by atoms with E-state index in [2.05, 4.69) is 10.1 Å². The zero-order valence-corrected chi connectivity index (χ0v) is 13.7. The number of benzene rings is 1. The summed E-state index contributed by atoms with van der Waals surface area (Å²) < 4.78 is 12.6. The van der Waals surface area contributed by atoms with E-state index in [0.717, 1.165) is 0 Å². The van der Waals surface area contributed by atoms with Crippen LogP contribution < -0.4 is 9.47 Å². The fourth-order valence-corrected chi connectivity index (χ4v) is 2.04. The number of aliphatic hydroxyl groups excluding tert-OH is 1. The molecule has 2 rings (SSSR count). The quantitative estimate of drug-likeness (QED) is 0.797. The van der Waals surface area contributed by atoms with Crippen LogP contribution in [-0.2, 0) is 0 Å². The Balaban J connectivity index is 2.37. The lowest BCUT2D eigenvalue weighted by atomic mass is 9.88. The van der Waals surface area contributed by atoms with Gasteiger partial charge in [-0.3, -0.25) is 0 Å². The molecule has 0 aliphatic carbocycles. The number of ether oxygens (including phenoxy) is 2. The monoisotopic (exact) mass is 318 g/mol. The largest absolute Gasteiger partial charge is 0.497 e. The minimum absolute atomic E-state index is 0.423. The molecule has 0 spiro atoms. The molecular weight excluding hydrogens is 296 g/mol. The summed E-state index contributed by atoms with van der Waals surface area (Å²) in [5.74, 6) is 1.09. The average Bonchev–Trinajstić information content (AvgIpc) is 3.05. The van der Waals surface area contributed by atoms with Gasteiger partial charge < -0.3 is 20.0 Å². The van der Waals surface area contributed by atoms with Crippen molar-refractivity contribution in [1.82, 2.24) is 14.8 Å². The number of nitrogens with zero attached hydrogens (tertiary/aromatic N) is 3. The maximum atomic E-state index is 10.6. The number of hydrogen-bond donors (Lipinski definition) is 2. The maximum absolute atomic E-state index is 10.6. The standard InChI is InChI=1S/C16H22N4O3/c1-16(2,3)14(21)15(20-10-18-9-19-20)23-13-6-5-12(22-4)7-11(13)8-17/h5-10,14-15,17,21H,1-4H3. The van der Waals surface area contributed by atoms with Gasteiger partial charge in [0.25, 0.3) is 0 Å². The zero-order chi connectivity index (χ0) is 17.0. The Morgan fingerprint density at radius 1 is 1.35 bits per heavy atom. The van der Waals surface area contributed by atoms with E-state index in [4.69, 9.17) is 14.9 Å². The Kier molecular flexibility index (Phi) is 5.00. The number of rotatable bonds is 6. The van der Waals surface area contributed by atoms with Gasteiger partial charge in [0.2, 0.25) is 6.23 Å². The van der Waals surface area contributed by atoms with Gasteiger partial charge in [-0.1, -0.05) is 20.8 Å². The number of methoxy groups -OCH3 is 1. The molecule has 2 aromatic rings. The predicted octanol–water partition coefficient (Wildman–Crippen LogP) is 2.27. The van der Waals surface area contributed by atoms with Gasteiger partial charge in [0, 0.05) is 11.8 Å². The molecular formula is C16H22N4O3. The highest BCUT2D eigenvalue weighted by molar-refractivity contribution is 5.82. The lowest BCUT2D eigenvalue weighted by molar-refractivity contribution is -0.0731. The van der Waals surface area contributed by atoms with E-state index < -0.39 is 17.7 Å². The van der Waals surface area contributed by atoms with Gasteiger partial charge in [-0.05, 0) is 23.6 Å². The Bertz CT molecular complexity index is 650. The first-order valence-corrected chi connectivity index (χ1v) is 7.24. The second-order valence-electron chi connectivity index (χ2n) is 6.24. The SMILES string of the molecule is COc1ccc(OC(C(O)C(C)(C)C)n2cncn2)c(C=N)c1. The number of aliphatic hydroxyl groups is 1. The molecule has 7 heteroatoms. The molecule has 1 aromatic carbocycles. The van der Waals surface area contributed by atoms with E-state index in [1.165, 1.54) is 23.6 Å². The minimum Gasteiger partial charge on any atom is -0.497 e. The molecule has 0 bridgehead atoms. The van der Waals surface area contributed by atoms with Crippen molar-refractivity contribution < 1.29 is 14.6 Å². The molecule has 0 aliphatic rings. The van der Waals surface area contributed by atoms with Crippen LogP contribution in [0.2, 0.25) is 0 Å². The predicted molar refractivity (Wildman–Crippen MR) is 86.0 cm³/mol. The molecule has 2 unspecified atom stereocenters. The maximum Gasteiger partial charge on any atom is 0.219 e. The van der Waals surface area contributed by atoms with Crippen molar-refractivity contribution in [2.24, 2.45) is 5.41 Å². The topological polar surface area (TPSA) is 93.2 Å². The van der Waals surface area contributed by atoms with Crippen molar-refractivity contribution >= 4 is 6.21 Å². The minimum atomic E-state index is -0.829. The van der Waals surface area contributed by atoms with E-state index in [-0.39, 0.29) is 0 Å². The van der Waals surface area contributed by atoms with E-state index >= 15 is 0 Å². The molecule has 0 aliphatic heterocycles. The summed E-state index contributed by atoms with van der Waals surface area (Å²) in [6.07, 6.45) is 2.47. The van der Waals surface area contributed by atoms with Gasteiger partial charge >= 0.3 is 0 Å². The van der Waals surface area contributed by atoms with Crippen LogP contribution >= 0.6 is 0 Å². The van der Waals surface area contributed by atoms with Gasteiger partial charge in [-0.2, -0.15) is 5.10 Å². The summed E-state index contributed by atoms with van der Waals surface area (Å²) in [6.45, 7) is 5.74. The molecule has 0 fully saturated rings. The van der Waals surface area contributed by atoms with E-state index in [9.17, 15) is 5.11 Å². The van der Waals surface area contributed by atoms with Crippen molar-refractivity contribution in [2.75, 3.05) is 7.11 Å². The van der Waals surface area contributed by atoms with Crippen LogP contribution in [0.3, 0.4) is 0 Å². The number of hydrogen-bond acceptors (Lipinski definition) is 6. The van der Waals surface area contributed by atoms with E-state index in [0.29, 0.717) is 17.1 Å². The van der Waals surface area contributed by atoms with E-state index in [1.807, 2.05) is 20.8 Å². The van der Waals surface area contributed by atoms with Crippen molar-refractivity contribution in [3.8, 4) is 11.5 Å². The third kappa shape index (κ3) is 3.87. The van der Waals surface area contributed by atoms with Gasteiger partial charge in [0.1, 0.15) is 30.3 Å². The van der Waals surface area contributed by atoms with Crippen LogP contribution in [0.25, 0.3) is 0 Å². The summed E-state index contributed by atoms with van der Waals surface area (Å²) in [7, 11) is 1.56. The highest BCUT2D eigenvalue weighted by Gasteiger charge is 2.34. The molecule has 2 atom stereocenters. The summed E-state index contributed by atoms with van der Waals surface area (Å²) >= 11 is 0. The normalized spacial score (nSPS) is 14.1. The fourth-order valence-electron chi connectivity index (χ4n) is 2.04. The lowest BCUT2D eigenvalue weighted by Gasteiger charge is -2.33. The summed E-state index contributed by atoms with van der Waals surface area (Å²) in [5, 5.41) is 22.3. The van der Waals surface area contributed by atoms with Crippen molar-refractivity contribution in [3.63, 3.8) is 0 Å². The first-order chi connectivity index (χ1) is 10.9. The third-order valence-electron chi connectivity index (χ3n) is 3.47. The first-order valence-electron chi connectivity index (χ1n) is 7.24. The molecule has 0 saturated heterocycles. The molecule has 1 aromatic heterocycles. The second kappa shape index (κ2) is 6.78. The Morgan fingerprint density at radius 2 is 2.09 bits per heavy atom. The van der Waals surface area contributed by atoms with Crippen LogP contribution in [0, 0.1) is 10.8 Å². The molecule has 1 heterocycles. The van der Waals surface area contributed by atoms with Gasteiger partial charge in [-0.25, -0.2) is 9.67 Å². The Morgan fingerprint density at radius 3 is 2.61 bits per heavy atom. The third-order valence-corrected chi connectivity index (χ3v) is 3.47. The highest BCUT2D eigenvalue weighted by atomic mass is 16.5. The van der Waals surface area contributed by atoms with Crippen LogP contribution in [0.5, 0.6) is 11.5 Å². The van der Waals surface area contributed by atoms with E-state index in [1.54, 1.807) is 25.3 Å². The molecule has 23 heavy (non-hydrogen) atoms. The summed E-state index contributed by atoms with van der Waals surface area (Å²) in [6, 6.07) is 5.15. The molecule has 0 radical (unpaired) electrons. The Hall–Kier alpha value is -2.41. The summed E-state index contributed by atoms with van der Waals surface area (Å²) in [5.41, 5.74) is 0.129. The Labute approximate surface area is 135 Å². The highest BCUT2D eigenvalue weighted by Crippen LogP contribution is 2.32. The molecule has 2 N–H and O–H groups in total. The van der Waals surface area contributed by atoms with Crippen molar-refractivity contribution in [2.45, 2.75) is 33.1 Å². The van der Waals surface area contributed by atoms with Gasteiger partial charge in [0.15, 0.2) is 0 Å². The molecule has 0 saturated carbocycles. The molecule has 0 amide bonds. The molecule has 124 valence electrons. The summed E-state index contributed by atoms with van der Waals surface area (Å²) in [4.78, 5) is 3.92. The van der Waals surface area contributed by atoms with Crippen LogP contribution in [0.15, 0.2) is 30.9 Å². The fraction of sp³-hybridized carbons (Fsp3) is 0.438. The number of aromatic nitrogens is 3. The van der Waals surface area contributed by atoms with Crippen LogP contribution in [0.4, 0.5) is 0 Å². The van der Waals surface area contributed by atoms with Crippen LogP contribution in [0.1, 0.15) is 32.6 Å².